The Morgan fingerprint density at radius 1 is 0.735 bits per heavy atom. The topological polar surface area (TPSA) is 18.5 Å². The molecule has 0 atom stereocenters. The normalized spacial score (nSPS) is 11.4. The lowest BCUT2D eigenvalue weighted by atomic mass is 9.97. The van der Waals surface area contributed by atoms with E-state index in [2.05, 4.69) is 4.74 Å². The highest BCUT2D eigenvalue weighted by molar-refractivity contribution is 5.88. The number of fused-ring (bicyclic) bond motifs is 1. The molecule has 0 fully saturated rings. The second-order valence-corrected chi connectivity index (χ2v) is 7.87. The molecule has 0 radical (unpaired) electrons. The monoisotopic (exact) mass is 472 g/mol. The molecule has 0 aliphatic heterocycles. The summed E-state index contributed by atoms with van der Waals surface area (Å²) in [6, 6.07) is 18.7. The van der Waals surface area contributed by atoms with Gasteiger partial charge >= 0.3 is 6.61 Å². The van der Waals surface area contributed by atoms with E-state index < -0.39 is 29.8 Å². The first-order valence-corrected chi connectivity index (χ1v) is 10.6. The minimum Gasteiger partial charge on any atom is -0.429 e. The molecule has 0 aliphatic carbocycles. The van der Waals surface area contributed by atoms with Crippen molar-refractivity contribution in [1.82, 2.24) is 0 Å². The molecule has 0 spiro atoms. The smallest absolute Gasteiger partial charge is 0.387 e. The van der Waals surface area contributed by atoms with E-state index in [1.807, 2.05) is 36.4 Å². The maximum absolute atomic E-state index is 15.1. The lowest BCUT2D eigenvalue weighted by Crippen LogP contribution is -2.06. The van der Waals surface area contributed by atoms with Crippen molar-refractivity contribution in [3.8, 4) is 16.9 Å². The van der Waals surface area contributed by atoms with Crippen molar-refractivity contribution < 1.29 is 31.4 Å². The minimum absolute atomic E-state index is 0.122. The molecule has 7 heteroatoms. The van der Waals surface area contributed by atoms with E-state index in [9.17, 15) is 17.6 Å². The summed E-state index contributed by atoms with van der Waals surface area (Å²) in [4.78, 5) is 0. The van der Waals surface area contributed by atoms with Crippen LogP contribution in [0.15, 0.2) is 66.7 Å². The maximum Gasteiger partial charge on any atom is 0.387 e. The van der Waals surface area contributed by atoms with Crippen LogP contribution in [-0.2, 0) is 24.2 Å². The molecule has 176 valence electrons. The summed E-state index contributed by atoms with van der Waals surface area (Å²) in [7, 11) is 1.64. The van der Waals surface area contributed by atoms with Gasteiger partial charge in [-0.15, -0.1) is 0 Å². The van der Waals surface area contributed by atoms with Gasteiger partial charge in [0.25, 0.3) is 0 Å². The molecular formula is C27H21F5O2. The standard InChI is InChI=1S/C27H21F5O2/c1-33-15-16-2-5-18(6-3-16)20-10-11-22-21(14-20)9-8-19(25(22)30)7-4-17-12-23(28)26(24(29)13-17)34-27(31)32/h2-3,5-6,8-14,27H,4,7,15H2,1H3. The lowest BCUT2D eigenvalue weighted by Gasteiger charge is -2.11. The predicted octanol–water partition coefficient (Wildman–Crippen LogP) is 7.46. The van der Waals surface area contributed by atoms with Gasteiger partial charge in [0.15, 0.2) is 17.4 Å². The van der Waals surface area contributed by atoms with Crippen LogP contribution in [0, 0.1) is 17.5 Å². The molecule has 2 nitrogen and oxygen atoms in total. The Kier molecular flexibility index (Phi) is 7.12. The molecule has 0 aliphatic rings. The SMILES string of the molecule is COCc1ccc(-c2ccc3c(F)c(CCc4cc(F)c(OC(F)F)c(F)c4)ccc3c2)cc1. The maximum atomic E-state index is 15.1. The van der Waals surface area contributed by atoms with Crippen LogP contribution in [0.25, 0.3) is 21.9 Å². The quantitative estimate of drug-likeness (QED) is 0.248. The van der Waals surface area contributed by atoms with Crippen molar-refractivity contribution in [2.75, 3.05) is 7.11 Å². The van der Waals surface area contributed by atoms with Crippen molar-refractivity contribution in [3.63, 3.8) is 0 Å². The molecule has 0 saturated carbocycles. The number of halogens is 5. The molecule has 0 aromatic heterocycles. The van der Waals surface area contributed by atoms with Crippen LogP contribution in [0.2, 0.25) is 0 Å². The molecule has 4 aromatic carbocycles. The Labute approximate surface area is 193 Å². The Bertz CT molecular complexity index is 1280. The van der Waals surface area contributed by atoms with Gasteiger partial charge in [0, 0.05) is 12.5 Å². The second kappa shape index (κ2) is 10.2. The average molecular weight is 472 g/mol. The van der Waals surface area contributed by atoms with Gasteiger partial charge in [0.1, 0.15) is 5.82 Å². The number of aryl methyl sites for hydroxylation is 2. The Morgan fingerprint density at radius 3 is 2.06 bits per heavy atom. The van der Waals surface area contributed by atoms with Crippen LogP contribution in [-0.4, -0.2) is 13.7 Å². The molecular weight excluding hydrogens is 451 g/mol. The third kappa shape index (κ3) is 5.20. The highest BCUT2D eigenvalue weighted by atomic mass is 19.3. The molecule has 0 heterocycles. The number of rotatable bonds is 8. The van der Waals surface area contributed by atoms with Gasteiger partial charge in [-0.05, 0) is 64.2 Å². The molecule has 4 aromatic rings. The number of methoxy groups -OCH3 is 1. The Balaban J connectivity index is 1.53. The van der Waals surface area contributed by atoms with Crippen molar-refractivity contribution >= 4 is 10.8 Å². The Hall–Kier alpha value is -3.45. The fourth-order valence-corrected chi connectivity index (χ4v) is 3.91. The molecule has 34 heavy (non-hydrogen) atoms. The van der Waals surface area contributed by atoms with Gasteiger partial charge in [-0.1, -0.05) is 48.5 Å². The van der Waals surface area contributed by atoms with Gasteiger partial charge in [-0.25, -0.2) is 13.2 Å². The fraction of sp³-hybridized carbons (Fsp3) is 0.185. The lowest BCUT2D eigenvalue weighted by molar-refractivity contribution is -0.0546. The molecule has 0 saturated heterocycles. The third-order valence-electron chi connectivity index (χ3n) is 5.58. The van der Waals surface area contributed by atoms with E-state index in [-0.39, 0.29) is 18.4 Å². The number of benzene rings is 4. The van der Waals surface area contributed by atoms with E-state index >= 15 is 4.39 Å². The molecule has 4 rings (SSSR count). The van der Waals surface area contributed by atoms with Crippen molar-refractivity contribution in [2.45, 2.75) is 26.1 Å². The average Bonchev–Trinajstić information content (AvgIpc) is 2.81. The van der Waals surface area contributed by atoms with Crippen LogP contribution >= 0.6 is 0 Å². The molecule has 0 bridgehead atoms. The summed E-state index contributed by atoms with van der Waals surface area (Å²) in [5.74, 6) is -3.98. The summed E-state index contributed by atoms with van der Waals surface area (Å²) >= 11 is 0. The molecule has 0 amide bonds. The van der Waals surface area contributed by atoms with E-state index in [0.717, 1.165) is 34.2 Å². The number of hydrogen-bond donors (Lipinski definition) is 0. The number of hydrogen-bond acceptors (Lipinski definition) is 2. The zero-order valence-electron chi connectivity index (χ0n) is 18.3. The first-order valence-electron chi connectivity index (χ1n) is 10.6. The summed E-state index contributed by atoms with van der Waals surface area (Å²) in [6.07, 6.45) is 0.301. The van der Waals surface area contributed by atoms with Gasteiger partial charge in [0.2, 0.25) is 0 Å². The zero-order valence-corrected chi connectivity index (χ0v) is 18.3. The van der Waals surface area contributed by atoms with E-state index in [0.29, 0.717) is 17.6 Å². The van der Waals surface area contributed by atoms with Crippen LogP contribution in [0.1, 0.15) is 16.7 Å². The molecule has 0 unspecified atom stereocenters. The van der Waals surface area contributed by atoms with Crippen molar-refractivity contribution in [2.24, 2.45) is 0 Å². The second-order valence-electron chi connectivity index (χ2n) is 7.87. The minimum atomic E-state index is -3.34. The Morgan fingerprint density at radius 2 is 1.41 bits per heavy atom. The number of ether oxygens (including phenoxy) is 2. The summed E-state index contributed by atoms with van der Waals surface area (Å²) in [6.45, 7) is -2.81. The van der Waals surface area contributed by atoms with E-state index in [1.165, 1.54) is 0 Å². The van der Waals surface area contributed by atoms with Crippen LogP contribution in [0.4, 0.5) is 22.0 Å². The zero-order chi connectivity index (χ0) is 24.2. The van der Waals surface area contributed by atoms with Crippen LogP contribution in [0.3, 0.4) is 0 Å². The largest absolute Gasteiger partial charge is 0.429 e. The first kappa shape index (κ1) is 23.7. The van der Waals surface area contributed by atoms with E-state index in [1.54, 1.807) is 25.3 Å². The highest BCUT2D eigenvalue weighted by Crippen LogP contribution is 2.29. The van der Waals surface area contributed by atoms with E-state index in [4.69, 9.17) is 4.74 Å². The van der Waals surface area contributed by atoms with Gasteiger partial charge in [0.05, 0.1) is 6.61 Å². The predicted molar refractivity (Wildman–Crippen MR) is 120 cm³/mol. The summed E-state index contributed by atoms with van der Waals surface area (Å²) in [5, 5.41) is 1.17. The van der Waals surface area contributed by atoms with Gasteiger partial charge in [-0.2, -0.15) is 8.78 Å². The van der Waals surface area contributed by atoms with Crippen LogP contribution < -0.4 is 4.74 Å². The highest BCUT2D eigenvalue weighted by Gasteiger charge is 2.17. The van der Waals surface area contributed by atoms with Crippen LogP contribution in [0.5, 0.6) is 5.75 Å². The fourth-order valence-electron chi connectivity index (χ4n) is 3.91. The third-order valence-corrected chi connectivity index (χ3v) is 5.58. The number of alkyl halides is 2. The summed E-state index contributed by atoms with van der Waals surface area (Å²) < 4.78 is 76.6. The molecule has 0 N–H and O–H groups in total. The van der Waals surface area contributed by atoms with Crippen molar-refractivity contribution in [1.29, 1.82) is 0 Å². The van der Waals surface area contributed by atoms with Gasteiger partial charge in [-0.3, -0.25) is 0 Å². The summed E-state index contributed by atoms with van der Waals surface area (Å²) in [5.41, 5.74) is 3.59. The first-order chi connectivity index (χ1) is 16.4. The van der Waals surface area contributed by atoms with Gasteiger partial charge < -0.3 is 9.47 Å². The van der Waals surface area contributed by atoms with Crippen molar-refractivity contribution in [3.05, 3.63) is 101 Å².